The summed E-state index contributed by atoms with van der Waals surface area (Å²) in [5.41, 5.74) is 5.50. The molecule has 0 spiro atoms. The smallest absolute Gasteiger partial charge is 0.317 e. The summed E-state index contributed by atoms with van der Waals surface area (Å²) < 4.78 is 37.7. The van der Waals surface area contributed by atoms with Crippen molar-refractivity contribution in [1.29, 1.82) is 0 Å². The quantitative estimate of drug-likeness (QED) is 0.653. The summed E-state index contributed by atoms with van der Waals surface area (Å²) in [5, 5.41) is 0. The summed E-state index contributed by atoms with van der Waals surface area (Å²) >= 11 is 0. The molecule has 0 aliphatic heterocycles. The average Bonchev–Trinajstić information content (AvgIpc) is 2.15. The lowest BCUT2D eigenvalue weighted by molar-refractivity contribution is -0.196. The number of nitrogens with two attached hydrogens (primary N) is 1. The van der Waals surface area contributed by atoms with Gasteiger partial charge in [0.2, 0.25) is 0 Å². The van der Waals surface area contributed by atoms with Crippen molar-refractivity contribution in [2.24, 2.45) is 17.6 Å². The van der Waals surface area contributed by atoms with Crippen LogP contribution in [0.25, 0.3) is 0 Å². The number of alkyl halides is 3. The van der Waals surface area contributed by atoms with E-state index in [4.69, 9.17) is 12.2 Å². The molecule has 80 valence electrons. The topological polar surface area (TPSA) is 26.0 Å². The van der Waals surface area contributed by atoms with Crippen molar-refractivity contribution >= 4 is 0 Å². The van der Waals surface area contributed by atoms with Gasteiger partial charge in [-0.1, -0.05) is 18.8 Å². The fourth-order valence-corrected chi connectivity index (χ4v) is 2.12. The average molecular weight is 205 g/mol. The van der Waals surface area contributed by atoms with E-state index >= 15 is 0 Å². The summed E-state index contributed by atoms with van der Waals surface area (Å²) in [4.78, 5) is 0. The van der Waals surface area contributed by atoms with Crippen LogP contribution in [0.3, 0.4) is 0 Å². The van der Waals surface area contributed by atoms with Crippen LogP contribution in [-0.2, 0) is 0 Å². The summed E-state index contributed by atoms with van der Waals surface area (Å²) in [7, 11) is 0. The van der Waals surface area contributed by atoms with Gasteiger partial charge in [-0.3, -0.25) is 0 Å². The molecule has 2 N–H and O–H groups in total. The van der Waals surface area contributed by atoms with Gasteiger partial charge in [0.1, 0.15) is 0 Å². The van der Waals surface area contributed by atoms with Crippen LogP contribution in [0.2, 0.25) is 0 Å². The first-order chi connectivity index (χ1) is 6.46. The lowest BCUT2D eigenvalue weighted by Crippen LogP contribution is -2.42. The van der Waals surface area contributed by atoms with E-state index in [1.54, 1.807) is 0 Å². The van der Waals surface area contributed by atoms with Crippen LogP contribution >= 0.6 is 0 Å². The second-order valence-electron chi connectivity index (χ2n) is 3.79. The number of hydrogen-bond donors (Lipinski definition) is 1. The van der Waals surface area contributed by atoms with Crippen LogP contribution in [0.5, 0.6) is 0 Å². The Hall–Kier alpha value is -0.690. The van der Waals surface area contributed by atoms with Crippen molar-refractivity contribution < 1.29 is 13.2 Å². The summed E-state index contributed by atoms with van der Waals surface area (Å²) in [6.07, 6.45) is 3.00. The number of terminal acetylenes is 1. The van der Waals surface area contributed by atoms with Gasteiger partial charge in [0.15, 0.2) is 0 Å². The Labute approximate surface area is 81.9 Å². The Morgan fingerprint density at radius 3 is 2.36 bits per heavy atom. The third kappa shape index (κ3) is 2.42. The minimum absolute atomic E-state index is 0.170. The molecule has 0 aromatic carbocycles. The molecule has 0 saturated heterocycles. The highest BCUT2D eigenvalue weighted by atomic mass is 19.4. The lowest BCUT2D eigenvalue weighted by Gasteiger charge is -2.34. The maximum atomic E-state index is 12.6. The Bertz CT molecular complexity index is 229. The van der Waals surface area contributed by atoms with Gasteiger partial charge in [-0.05, 0) is 18.8 Å². The van der Waals surface area contributed by atoms with Crippen molar-refractivity contribution in [3.05, 3.63) is 0 Å². The Morgan fingerprint density at radius 1 is 1.29 bits per heavy atom. The normalized spacial score (nSPS) is 30.8. The highest BCUT2D eigenvalue weighted by molar-refractivity contribution is 5.03. The van der Waals surface area contributed by atoms with Crippen LogP contribution in [0.4, 0.5) is 13.2 Å². The highest BCUT2D eigenvalue weighted by Crippen LogP contribution is 2.42. The Balaban J connectivity index is 2.75. The van der Waals surface area contributed by atoms with Gasteiger partial charge in [0.05, 0.1) is 12.0 Å². The largest absolute Gasteiger partial charge is 0.392 e. The molecule has 14 heavy (non-hydrogen) atoms. The second-order valence-corrected chi connectivity index (χ2v) is 3.79. The molecule has 4 heteroatoms. The van der Waals surface area contributed by atoms with Crippen molar-refractivity contribution in [2.75, 3.05) is 0 Å². The first-order valence-corrected chi connectivity index (χ1v) is 4.75. The van der Waals surface area contributed by atoms with Gasteiger partial charge in [-0.25, -0.2) is 0 Å². The van der Waals surface area contributed by atoms with Crippen LogP contribution in [0, 0.1) is 24.2 Å². The van der Waals surface area contributed by atoms with Crippen LogP contribution in [-0.4, -0.2) is 12.2 Å². The molecular weight excluding hydrogens is 191 g/mol. The number of rotatable bonds is 1. The molecule has 1 saturated carbocycles. The molecule has 1 nitrogen and oxygen atoms in total. The fraction of sp³-hybridized carbons (Fsp3) is 0.800. The zero-order valence-electron chi connectivity index (χ0n) is 7.85. The first kappa shape index (κ1) is 11.4. The van der Waals surface area contributed by atoms with Crippen molar-refractivity contribution in [1.82, 2.24) is 0 Å². The van der Waals surface area contributed by atoms with Gasteiger partial charge in [0, 0.05) is 0 Å². The molecule has 0 heterocycles. The van der Waals surface area contributed by atoms with Crippen LogP contribution < -0.4 is 5.73 Å². The van der Waals surface area contributed by atoms with Crippen LogP contribution in [0.1, 0.15) is 25.7 Å². The summed E-state index contributed by atoms with van der Waals surface area (Å²) in [6.45, 7) is 0. The zero-order chi connectivity index (χ0) is 10.8. The molecule has 1 rings (SSSR count). The Morgan fingerprint density at radius 2 is 1.86 bits per heavy atom. The van der Waals surface area contributed by atoms with Crippen molar-refractivity contribution in [2.45, 2.75) is 37.9 Å². The van der Waals surface area contributed by atoms with E-state index in [2.05, 4.69) is 5.92 Å². The maximum absolute atomic E-state index is 12.6. The molecule has 1 aliphatic rings. The van der Waals surface area contributed by atoms with E-state index in [0.29, 0.717) is 12.8 Å². The molecule has 3 unspecified atom stereocenters. The van der Waals surface area contributed by atoms with E-state index < -0.39 is 24.1 Å². The van der Waals surface area contributed by atoms with Crippen molar-refractivity contribution in [3.8, 4) is 12.3 Å². The second kappa shape index (κ2) is 4.22. The molecule has 0 bridgehead atoms. The molecule has 0 aromatic heterocycles. The summed E-state index contributed by atoms with van der Waals surface area (Å²) in [5.74, 6) is 0.322. The molecule has 3 atom stereocenters. The molecule has 1 fully saturated rings. The van der Waals surface area contributed by atoms with E-state index in [1.165, 1.54) is 0 Å². The Kier molecular flexibility index (Phi) is 3.43. The van der Waals surface area contributed by atoms with E-state index in [0.717, 1.165) is 6.42 Å². The molecule has 1 aliphatic carbocycles. The first-order valence-electron chi connectivity index (χ1n) is 4.75. The predicted molar refractivity (Wildman–Crippen MR) is 48.3 cm³/mol. The van der Waals surface area contributed by atoms with Crippen LogP contribution in [0.15, 0.2) is 0 Å². The van der Waals surface area contributed by atoms with Gasteiger partial charge in [-0.2, -0.15) is 13.2 Å². The van der Waals surface area contributed by atoms with Gasteiger partial charge in [-0.15, -0.1) is 6.42 Å². The van der Waals surface area contributed by atoms with Gasteiger partial charge >= 0.3 is 6.18 Å². The fourth-order valence-electron chi connectivity index (χ4n) is 2.12. The zero-order valence-corrected chi connectivity index (χ0v) is 7.85. The van der Waals surface area contributed by atoms with E-state index in [1.807, 2.05) is 0 Å². The molecule has 0 aromatic rings. The monoisotopic (exact) mass is 205 g/mol. The molecular formula is C10H14F3N. The lowest BCUT2D eigenvalue weighted by atomic mass is 9.75. The summed E-state index contributed by atoms with van der Waals surface area (Å²) in [6, 6.07) is -0.762. The minimum Gasteiger partial charge on any atom is -0.317 e. The van der Waals surface area contributed by atoms with Crippen molar-refractivity contribution in [3.63, 3.8) is 0 Å². The SMILES string of the molecule is C#CC(N)C1CCCCC1C(F)(F)F. The van der Waals surface area contributed by atoms with Gasteiger partial charge in [0.25, 0.3) is 0 Å². The van der Waals surface area contributed by atoms with Gasteiger partial charge < -0.3 is 5.73 Å². The third-order valence-electron chi connectivity index (χ3n) is 2.89. The highest BCUT2D eigenvalue weighted by Gasteiger charge is 2.46. The predicted octanol–water partition coefficient (Wildman–Crippen LogP) is 2.32. The van der Waals surface area contributed by atoms with E-state index in [-0.39, 0.29) is 6.42 Å². The maximum Gasteiger partial charge on any atom is 0.392 e. The number of halogens is 3. The third-order valence-corrected chi connectivity index (χ3v) is 2.89. The van der Waals surface area contributed by atoms with E-state index in [9.17, 15) is 13.2 Å². The minimum atomic E-state index is -4.15. The number of hydrogen-bond acceptors (Lipinski definition) is 1. The molecule has 0 radical (unpaired) electrons. The molecule has 0 amide bonds. The standard InChI is InChI=1S/C10H14F3N/c1-2-9(14)7-5-3-4-6-8(7)10(11,12)13/h1,7-9H,3-6,14H2.